The van der Waals surface area contributed by atoms with Crippen LogP contribution in [0, 0.1) is 6.92 Å². The van der Waals surface area contributed by atoms with Gasteiger partial charge >= 0.3 is 6.01 Å². The smallest absolute Gasteiger partial charge is 0.322 e. The molecule has 1 aliphatic rings. The summed E-state index contributed by atoms with van der Waals surface area (Å²) in [5, 5.41) is 10.3. The third kappa shape index (κ3) is 4.05. The summed E-state index contributed by atoms with van der Waals surface area (Å²) in [6.45, 7) is 2.32. The molecule has 2 heterocycles. The molecule has 1 aliphatic heterocycles. The first-order valence-corrected chi connectivity index (χ1v) is 9.87. The van der Waals surface area contributed by atoms with Crippen LogP contribution in [0.25, 0.3) is 11.5 Å². The van der Waals surface area contributed by atoms with Crippen molar-refractivity contribution in [2.75, 3.05) is 18.1 Å². The Bertz CT molecular complexity index is 861. The van der Waals surface area contributed by atoms with E-state index >= 15 is 0 Å². The first-order valence-electron chi connectivity index (χ1n) is 8.03. The summed E-state index contributed by atoms with van der Waals surface area (Å²) < 4.78 is 30.4. The minimum absolute atomic E-state index is 0.0420. The molecule has 1 amide bonds. The van der Waals surface area contributed by atoms with Crippen molar-refractivity contribution in [2.24, 2.45) is 0 Å². The van der Waals surface area contributed by atoms with Crippen LogP contribution in [0.5, 0.6) is 0 Å². The molecule has 0 aliphatic carbocycles. The van der Waals surface area contributed by atoms with Crippen LogP contribution < -0.4 is 5.32 Å². The number of aromatic nitrogens is 2. The SMILES string of the molecule is Cc1ccc(-c2nnc(NC(=O)C3CCCCN3S(C)(=O)=O)o2)cc1. The number of sulfonamides is 1. The second-order valence-electron chi connectivity index (χ2n) is 6.15. The number of carbonyl (C=O) groups is 1. The lowest BCUT2D eigenvalue weighted by Crippen LogP contribution is -2.49. The number of benzene rings is 1. The Kier molecular flexibility index (Phi) is 4.87. The van der Waals surface area contributed by atoms with Crippen molar-refractivity contribution in [1.82, 2.24) is 14.5 Å². The van der Waals surface area contributed by atoms with Gasteiger partial charge in [0.2, 0.25) is 21.8 Å². The van der Waals surface area contributed by atoms with Crippen LogP contribution in [0.15, 0.2) is 28.7 Å². The van der Waals surface area contributed by atoms with Crippen molar-refractivity contribution in [3.8, 4) is 11.5 Å². The third-order valence-electron chi connectivity index (χ3n) is 4.14. The van der Waals surface area contributed by atoms with E-state index in [2.05, 4.69) is 15.5 Å². The first-order chi connectivity index (χ1) is 11.8. The standard InChI is InChI=1S/C16H20N4O4S/c1-11-6-8-12(9-7-11)15-18-19-16(24-15)17-14(21)13-5-3-4-10-20(13)25(2,22)23/h6-9,13H,3-5,10H2,1-2H3,(H,17,19,21). The number of anilines is 1. The molecule has 0 bridgehead atoms. The first kappa shape index (κ1) is 17.6. The summed E-state index contributed by atoms with van der Waals surface area (Å²) in [7, 11) is -3.45. The zero-order chi connectivity index (χ0) is 18.0. The van der Waals surface area contributed by atoms with Crippen molar-refractivity contribution < 1.29 is 17.6 Å². The van der Waals surface area contributed by atoms with Crippen LogP contribution in [0.2, 0.25) is 0 Å². The van der Waals surface area contributed by atoms with Gasteiger partial charge < -0.3 is 4.42 Å². The number of aryl methyl sites for hydroxylation is 1. The van der Waals surface area contributed by atoms with Crippen LogP contribution in [-0.2, 0) is 14.8 Å². The Labute approximate surface area is 146 Å². The summed E-state index contributed by atoms with van der Waals surface area (Å²) in [5.74, 6) is -0.164. The summed E-state index contributed by atoms with van der Waals surface area (Å²) >= 11 is 0. The summed E-state index contributed by atoms with van der Waals surface area (Å²) in [6, 6.07) is 6.74. The van der Waals surface area contributed by atoms with E-state index in [4.69, 9.17) is 4.42 Å². The van der Waals surface area contributed by atoms with Gasteiger partial charge in [0.25, 0.3) is 0 Å². The number of hydrogen-bond acceptors (Lipinski definition) is 6. The number of carbonyl (C=O) groups excluding carboxylic acids is 1. The fraction of sp³-hybridized carbons (Fsp3) is 0.438. The van der Waals surface area contributed by atoms with Crippen molar-refractivity contribution in [3.63, 3.8) is 0 Å². The predicted octanol–water partition coefficient (Wildman–Crippen LogP) is 1.80. The van der Waals surface area contributed by atoms with Gasteiger partial charge in [-0.1, -0.05) is 29.2 Å². The summed E-state index contributed by atoms with van der Waals surface area (Å²) in [6.07, 6.45) is 3.12. The molecule has 134 valence electrons. The van der Waals surface area contributed by atoms with E-state index in [-0.39, 0.29) is 6.01 Å². The van der Waals surface area contributed by atoms with Gasteiger partial charge in [-0.25, -0.2) is 8.42 Å². The lowest BCUT2D eigenvalue weighted by atomic mass is 10.0. The fourth-order valence-electron chi connectivity index (χ4n) is 2.84. The Balaban J connectivity index is 1.73. The van der Waals surface area contributed by atoms with Gasteiger partial charge in [0.15, 0.2) is 0 Å². The molecule has 8 nitrogen and oxygen atoms in total. The second-order valence-corrected chi connectivity index (χ2v) is 8.09. The molecular formula is C16H20N4O4S. The number of hydrogen-bond donors (Lipinski definition) is 1. The molecule has 25 heavy (non-hydrogen) atoms. The van der Waals surface area contributed by atoms with Crippen LogP contribution in [0.1, 0.15) is 24.8 Å². The maximum Gasteiger partial charge on any atom is 0.322 e. The van der Waals surface area contributed by atoms with Crippen molar-refractivity contribution in [2.45, 2.75) is 32.2 Å². The molecule has 1 saturated heterocycles. The lowest BCUT2D eigenvalue weighted by molar-refractivity contribution is -0.120. The summed E-state index contributed by atoms with van der Waals surface area (Å²) in [4.78, 5) is 12.5. The molecule has 3 rings (SSSR count). The predicted molar refractivity (Wildman–Crippen MR) is 92.3 cm³/mol. The fourth-order valence-corrected chi connectivity index (χ4v) is 3.96. The van der Waals surface area contributed by atoms with E-state index in [1.54, 1.807) is 0 Å². The number of rotatable bonds is 4. The van der Waals surface area contributed by atoms with Gasteiger partial charge in [-0.15, -0.1) is 5.10 Å². The highest BCUT2D eigenvalue weighted by atomic mass is 32.2. The number of amides is 1. The minimum Gasteiger partial charge on any atom is -0.403 e. The quantitative estimate of drug-likeness (QED) is 0.887. The minimum atomic E-state index is -3.45. The van der Waals surface area contributed by atoms with Crippen molar-refractivity contribution >= 4 is 21.9 Å². The number of piperidine rings is 1. The molecule has 1 fully saturated rings. The van der Waals surface area contributed by atoms with E-state index < -0.39 is 22.0 Å². The highest BCUT2D eigenvalue weighted by Gasteiger charge is 2.35. The van der Waals surface area contributed by atoms with Crippen molar-refractivity contribution in [3.05, 3.63) is 29.8 Å². The molecule has 1 aromatic carbocycles. The molecule has 1 aromatic heterocycles. The van der Waals surface area contributed by atoms with Crippen LogP contribution in [0.3, 0.4) is 0 Å². The van der Waals surface area contributed by atoms with Crippen LogP contribution in [-0.4, -0.2) is 47.7 Å². The molecule has 2 aromatic rings. The van der Waals surface area contributed by atoms with E-state index in [9.17, 15) is 13.2 Å². The molecule has 1 N–H and O–H groups in total. The highest BCUT2D eigenvalue weighted by molar-refractivity contribution is 7.88. The van der Waals surface area contributed by atoms with E-state index in [1.807, 2.05) is 31.2 Å². The highest BCUT2D eigenvalue weighted by Crippen LogP contribution is 2.23. The Morgan fingerprint density at radius 3 is 2.64 bits per heavy atom. The van der Waals surface area contributed by atoms with E-state index in [1.165, 1.54) is 4.31 Å². The lowest BCUT2D eigenvalue weighted by Gasteiger charge is -2.32. The Hall–Kier alpha value is -2.26. The maximum absolute atomic E-state index is 12.5. The van der Waals surface area contributed by atoms with E-state index in [0.717, 1.165) is 30.2 Å². The molecule has 0 spiro atoms. The van der Waals surface area contributed by atoms with E-state index in [0.29, 0.717) is 18.9 Å². The molecule has 0 saturated carbocycles. The molecule has 9 heteroatoms. The molecular weight excluding hydrogens is 344 g/mol. The van der Waals surface area contributed by atoms with Crippen molar-refractivity contribution in [1.29, 1.82) is 0 Å². The molecule has 0 radical (unpaired) electrons. The summed E-state index contributed by atoms with van der Waals surface area (Å²) in [5.41, 5.74) is 1.85. The zero-order valence-corrected chi connectivity index (χ0v) is 14.9. The monoisotopic (exact) mass is 364 g/mol. The van der Waals surface area contributed by atoms with Gasteiger partial charge in [-0.3, -0.25) is 10.1 Å². The largest absolute Gasteiger partial charge is 0.403 e. The average Bonchev–Trinajstić information content (AvgIpc) is 3.03. The maximum atomic E-state index is 12.5. The van der Waals surface area contributed by atoms with Gasteiger partial charge in [0.05, 0.1) is 6.26 Å². The van der Waals surface area contributed by atoms with Gasteiger partial charge in [-0.2, -0.15) is 4.31 Å². The number of nitrogens with zero attached hydrogens (tertiary/aromatic N) is 3. The molecule has 1 unspecified atom stereocenters. The van der Waals surface area contributed by atoms with Gasteiger partial charge in [-0.05, 0) is 31.9 Å². The average molecular weight is 364 g/mol. The van der Waals surface area contributed by atoms with Gasteiger partial charge in [0, 0.05) is 12.1 Å². The Morgan fingerprint density at radius 1 is 1.24 bits per heavy atom. The Morgan fingerprint density at radius 2 is 1.96 bits per heavy atom. The molecule has 1 atom stereocenters. The van der Waals surface area contributed by atoms with Crippen LogP contribution in [0.4, 0.5) is 6.01 Å². The van der Waals surface area contributed by atoms with Gasteiger partial charge in [0.1, 0.15) is 6.04 Å². The van der Waals surface area contributed by atoms with Crippen LogP contribution >= 0.6 is 0 Å². The third-order valence-corrected chi connectivity index (χ3v) is 5.42. The second kappa shape index (κ2) is 6.93. The zero-order valence-electron chi connectivity index (χ0n) is 14.1. The number of nitrogens with one attached hydrogen (secondary N) is 1. The normalized spacial score (nSPS) is 18.9. The topological polar surface area (TPSA) is 105 Å².